The van der Waals surface area contributed by atoms with Crippen molar-refractivity contribution in [1.82, 2.24) is 14.1 Å². The van der Waals surface area contributed by atoms with Gasteiger partial charge in [-0.15, -0.1) is 0 Å². The van der Waals surface area contributed by atoms with Gasteiger partial charge in [-0.2, -0.15) is 0 Å². The third-order valence-electron chi connectivity index (χ3n) is 5.54. The van der Waals surface area contributed by atoms with Gasteiger partial charge < -0.3 is 4.57 Å². The van der Waals surface area contributed by atoms with Gasteiger partial charge >= 0.3 is 0 Å². The summed E-state index contributed by atoms with van der Waals surface area (Å²) in [7, 11) is 1.98. The second kappa shape index (κ2) is 7.47. The van der Waals surface area contributed by atoms with Gasteiger partial charge in [0, 0.05) is 29.6 Å². The van der Waals surface area contributed by atoms with Gasteiger partial charge in [0.15, 0.2) is 5.52 Å². The van der Waals surface area contributed by atoms with Gasteiger partial charge in [0.1, 0.15) is 5.82 Å². The van der Waals surface area contributed by atoms with Crippen LogP contribution in [0.5, 0.6) is 0 Å². The fraction of sp³-hybridized carbons (Fsp3) is 0.120. The summed E-state index contributed by atoms with van der Waals surface area (Å²) in [6.45, 7) is 0. The van der Waals surface area contributed by atoms with Crippen LogP contribution in [0.25, 0.3) is 27.6 Å². The summed E-state index contributed by atoms with van der Waals surface area (Å²) in [5.74, 6) is 0.896. The molecule has 0 N–H and O–H groups in total. The minimum absolute atomic E-state index is 0.132. The van der Waals surface area contributed by atoms with Crippen LogP contribution in [0.1, 0.15) is 11.4 Å². The van der Waals surface area contributed by atoms with E-state index in [0.29, 0.717) is 10.5 Å². The number of benzene rings is 3. The molecule has 0 radical (unpaired) electrons. The molecular formula is C25H20ClN3O. The van der Waals surface area contributed by atoms with Crippen molar-refractivity contribution in [2.24, 2.45) is 7.05 Å². The monoisotopic (exact) mass is 413 g/mol. The van der Waals surface area contributed by atoms with Crippen LogP contribution in [0.2, 0.25) is 5.02 Å². The quantitative estimate of drug-likeness (QED) is 0.400. The number of pyridine rings is 1. The lowest BCUT2D eigenvalue weighted by atomic mass is 10.1. The number of halogens is 1. The van der Waals surface area contributed by atoms with Crippen molar-refractivity contribution in [3.63, 3.8) is 0 Å². The third kappa shape index (κ3) is 3.10. The fourth-order valence-electron chi connectivity index (χ4n) is 4.07. The van der Waals surface area contributed by atoms with Gasteiger partial charge in [-0.1, -0.05) is 60.1 Å². The van der Waals surface area contributed by atoms with Crippen LogP contribution in [0, 0.1) is 0 Å². The number of rotatable bonds is 4. The maximum atomic E-state index is 13.5. The van der Waals surface area contributed by atoms with Crippen molar-refractivity contribution in [3.8, 4) is 5.69 Å². The molecule has 0 saturated carbocycles. The number of para-hydroxylation sites is 1. The van der Waals surface area contributed by atoms with Gasteiger partial charge in [0.25, 0.3) is 5.56 Å². The first-order valence-electron chi connectivity index (χ1n) is 9.92. The highest BCUT2D eigenvalue weighted by Gasteiger charge is 2.19. The third-order valence-corrected chi connectivity index (χ3v) is 5.78. The second-order valence-corrected chi connectivity index (χ2v) is 7.84. The number of hydrogen-bond donors (Lipinski definition) is 0. The Bertz CT molecular complexity index is 1420. The number of aromatic nitrogens is 3. The molecule has 5 aromatic rings. The number of aryl methyl sites for hydroxylation is 3. The molecule has 0 bridgehead atoms. The molecule has 148 valence electrons. The highest BCUT2D eigenvalue weighted by atomic mass is 35.5. The Kier molecular flexibility index (Phi) is 4.64. The Morgan fingerprint density at radius 3 is 2.33 bits per heavy atom. The summed E-state index contributed by atoms with van der Waals surface area (Å²) >= 11 is 6.31. The fourth-order valence-corrected chi connectivity index (χ4v) is 4.23. The number of nitrogens with zero attached hydrogens (tertiary/aromatic N) is 3. The van der Waals surface area contributed by atoms with E-state index in [9.17, 15) is 4.79 Å². The molecule has 30 heavy (non-hydrogen) atoms. The van der Waals surface area contributed by atoms with Crippen LogP contribution in [0.15, 0.2) is 83.7 Å². The van der Waals surface area contributed by atoms with Crippen molar-refractivity contribution < 1.29 is 0 Å². The van der Waals surface area contributed by atoms with Crippen molar-refractivity contribution >= 4 is 33.5 Å². The van der Waals surface area contributed by atoms with Gasteiger partial charge in [0.05, 0.1) is 11.0 Å². The molecule has 0 atom stereocenters. The SMILES string of the molecule is Cn1c(CCc2ccccc2)nc2c(=O)n(-c3ccccc3)c3cc(Cl)ccc3c21. The Balaban J connectivity index is 1.75. The van der Waals surface area contributed by atoms with Crippen LogP contribution in [-0.4, -0.2) is 14.1 Å². The van der Waals surface area contributed by atoms with E-state index in [1.165, 1.54) is 5.56 Å². The molecule has 0 saturated heterocycles. The molecule has 0 aliphatic heterocycles. The lowest BCUT2D eigenvalue weighted by Crippen LogP contribution is -2.19. The number of hydrogen-bond acceptors (Lipinski definition) is 2. The van der Waals surface area contributed by atoms with Crippen molar-refractivity contribution in [2.75, 3.05) is 0 Å². The Labute approximate surface area is 179 Å². The molecule has 0 aliphatic carbocycles. The van der Waals surface area contributed by atoms with Gasteiger partial charge in [-0.05, 0) is 42.3 Å². The highest BCUT2D eigenvalue weighted by molar-refractivity contribution is 6.31. The van der Waals surface area contributed by atoms with Crippen molar-refractivity contribution in [2.45, 2.75) is 12.8 Å². The predicted octanol–water partition coefficient (Wildman–Crippen LogP) is 5.32. The first kappa shape index (κ1) is 18.6. The zero-order valence-corrected chi connectivity index (χ0v) is 17.3. The summed E-state index contributed by atoms with van der Waals surface area (Å²) in [6, 6.07) is 25.6. The van der Waals surface area contributed by atoms with E-state index in [4.69, 9.17) is 16.6 Å². The largest absolute Gasteiger partial charge is 0.330 e. The summed E-state index contributed by atoms with van der Waals surface area (Å²) < 4.78 is 3.75. The van der Waals surface area contributed by atoms with Gasteiger partial charge in [-0.3, -0.25) is 9.36 Å². The summed E-state index contributed by atoms with van der Waals surface area (Å²) in [5, 5.41) is 1.55. The topological polar surface area (TPSA) is 39.8 Å². The molecule has 0 unspecified atom stereocenters. The minimum atomic E-state index is -0.132. The first-order valence-corrected chi connectivity index (χ1v) is 10.3. The smallest absolute Gasteiger partial charge is 0.283 e. The molecule has 2 aromatic heterocycles. The zero-order valence-electron chi connectivity index (χ0n) is 16.5. The molecule has 0 amide bonds. The number of fused-ring (bicyclic) bond motifs is 3. The van der Waals surface area contributed by atoms with E-state index >= 15 is 0 Å². The van der Waals surface area contributed by atoms with Crippen LogP contribution < -0.4 is 5.56 Å². The molecule has 5 rings (SSSR count). The lowest BCUT2D eigenvalue weighted by molar-refractivity contribution is 0.788. The van der Waals surface area contributed by atoms with Gasteiger partial charge in [-0.25, -0.2) is 4.98 Å². The van der Waals surface area contributed by atoms with E-state index in [2.05, 4.69) is 12.1 Å². The normalized spacial score (nSPS) is 11.4. The van der Waals surface area contributed by atoms with E-state index in [1.807, 2.05) is 78.3 Å². The van der Waals surface area contributed by atoms with E-state index in [-0.39, 0.29) is 5.56 Å². The van der Waals surface area contributed by atoms with Crippen molar-refractivity contribution in [3.05, 3.63) is 106 Å². The second-order valence-electron chi connectivity index (χ2n) is 7.41. The zero-order chi connectivity index (χ0) is 20.7. The predicted molar refractivity (Wildman–Crippen MR) is 123 cm³/mol. The molecule has 0 spiro atoms. The Hall–Kier alpha value is -3.37. The standard InChI is InChI=1S/C25H20ClN3O/c1-28-22(15-12-17-8-4-2-5-9-17)27-23-24(28)20-14-13-18(26)16-21(20)29(25(23)30)19-10-6-3-7-11-19/h2-11,13-14,16H,12,15H2,1H3. The lowest BCUT2D eigenvalue weighted by Gasteiger charge is -2.12. The summed E-state index contributed by atoms with van der Waals surface area (Å²) in [6.07, 6.45) is 1.63. The highest BCUT2D eigenvalue weighted by Crippen LogP contribution is 2.28. The molecule has 0 aliphatic rings. The average Bonchev–Trinajstić information content (AvgIpc) is 3.11. The van der Waals surface area contributed by atoms with Crippen LogP contribution in [0.3, 0.4) is 0 Å². The summed E-state index contributed by atoms with van der Waals surface area (Å²) in [4.78, 5) is 18.3. The van der Waals surface area contributed by atoms with Crippen molar-refractivity contribution in [1.29, 1.82) is 0 Å². The first-order chi connectivity index (χ1) is 14.6. The van der Waals surface area contributed by atoms with Gasteiger partial charge in [0.2, 0.25) is 0 Å². The molecule has 0 fully saturated rings. The van der Waals surface area contributed by atoms with E-state index < -0.39 is 0 Å². The summed E-state index contributed by atoms with van der Waals surface area (Å²) in [5.41, 5.74) is 4.04. The maximum absolute atomic E-state index is 13.5. The number of imidazole rings is 1. The van der Waals surface area contributed by atoms with Crippen LogP contribution >= 0.6 is 11.6 Å². The molecular weight excluding hydrogens is 394 g/mol. The molecule has 2 heterocycles. The Morgan fingerprint density at radius 2 is 1.60 bits per heavy atom. The average molecular weight is 414 g/mol. The molecule has 3 aromatic carbocycles. The molecule has 4 nitrogen and oxygen atoms in total. The van der Waals surface area contributed by atoms with Crippen LogP contribution in [-0.2, 0) is 19.9 Å². The minimum Gasteiger partial charge on any atom is -0.330 e. The van der Waals surface area contributed by atoms with E-state index in [0.717, 1.165) is 40.8 Å². The maximum Gasteiger partial charge on any atom is 0.283 e. The molecule has 5 heteroatoms. The van der Waals surface area contributed by atoms with E-state index in [1.54, 1.807) is 4.57 Å². The Morgan fingerprint density at radius 1 is 0.900 bits per heavy atom. The van der Waals surface area contributed by atoms with Crippen LogP contribution in [0.4, 0.5) is 0 Å².